The van der Waals surface area contributed by atoms with Gasteiger partial charge in [-0.25, -0.2) is 0 Å². The fraction of sp³-hybridized carbons (Fsp3) is 0.0204. The molecule has 0 atom stereocenters. The van der Waals surface area contributed by atoms with Crippen molar-refractivity contribution in [2.45, 2.75) is 6.92 Å². The zero-order valence-corrected chi connectivity index (χ0v) is 28.5. The number of fused-ring (bicyclic) bond motifs is 4. The normalized spacial score (nSPS) is 14.5. The maximum absolute atomic E-state index is 4.53. The monoisotopic (exact) mass is 652 g/mol. The Morgan fingerprint density at radius 3 is 1.75 bits per heavy atom. The highest BCUT2D eigenvalue weighted by Crippen LogP contribution is 2.41. The second kappa shape index (κ2) is 12.7. The van der Waals surface area contributed by atoms with Gasteiger partial charge in [-0.1, -0.05) is 134 Å². The van der Waals surface area contributed by atoms with E-state index in [0.29, 0.717) is 0 Å². The molecule has 51 heavy (non-hydrogen) atoms. The van der Waals surface area contributed by atoms with E-state index in [9.17, 15) is 0 Å². The summed E-state index contributed by atoms with van der Waals surface area (Å²) in [6.07, 6.45) is 6.51. The van der Waals surface area contributed by atoms with Crippen LogP contribution in [0.4, 0.5) is 11.4 Å². The molecule has 0 aliphatic carbocycles. The first-order valence-corrected chi connectivity index (χ1v) is 17.4. The fourth-order valence-electron chi connectivity index (χ4n) is 7.39. The van der Waals surface area contributed by atoms with Crippen LogP contribution < -0.4 is 4.90 Å². The Kier molecular flexibility index (Phi) is 7.56. The van der Waals surface area contributed by atoms with Crippen LogP contribution in [0.25, 0.3) is 66.4 Å². The van der Waals surface area contributed by atoms with Crippen molar-refractivity contribution in [3.8, 4) is 39.1 Å². The third kappa shape index (κ3) is 5.57. The third-order valence-corrected chi connectivity index (χ3v) is 9.93. The summed E-state index contributed by atoms with van der Waals surface area (Å²) in [6.45, 7) is 6.67. The first-order chi connectivity index (χ1) is 25.1. The number of hydrogen-bond acceptors (Lipinski definition) is 1. The van der Waals surface area contributed by atoms with Crippen LogP contribution in [-0.4, -0.2) is 4.57 Å². The van der Waals surface area contributed by atoms with Gasteiger partial charge in [-0.2, -0.15) is 0 Å². The molecule has 9 rings (SSSR count). The Morgan fingerprint density at radius 1 is 0.431 bits per heavy atom. The van der Waals surface area contributed by atoms with Crippen LogP contribution in [0.1, 0.15) is 12.5 Å². The minimum Gasteiger partial charge on any atom is -0.316 e. The number of nitrogens with zero attached hydrogens (tertiary/aromatic N) is 2. The van der Waals surface area contributed by atoms with Gasteiger partial charge in [0.1, 0.15) is 0 Å². The molecule has 7 aromatic carbocycles. The molecule has 0 N–H and O–H groups in total. The zero-order chi connectivity index (χ0) is 34.3. The van der Waals surface area contributed by atoms with Gasteiger partial charge >= 0.3 is 0 Å². The minimum atomic E-state index is 0.986. The fourth-order valence-corrected chi connectivity index (χ4v) is 7.39. The Labute approximate surface area is 299 Å². The highest BCUT2D eigenvalue weighted by atomic mass is 15.1. The van der Waals surface area contributed by atoms with E-state index in [1.165, 1.54) is 49.6 Å². The van der Waals surface area contributed by atoms with Gasteiger partial charge < -0.3 is 9.47 Å². The molecule has 0 fully saturated rings. The lowest BCUT2D eigenvalue weighted by Gasteiger charge is -2.27. The van der Waals surface area contributed by atoms with E-state index in [-0.39, 0.29) is 0 Å². The predicted octanol–water partition coefficient (Wildman–Crippen LogP) is 13.4. The van der Waals surface area contributed by atoms with Gasteiger partial charge in [0, 0.05) is 33.9 Å². The Balaban J connectivity index is 1.16. The van der Waals surface area contributed by atoms with E-state index in [4.69, 9.17) is 0 Å². The van der Waals surface area contributed by atoms with Gasteiger partial charge in [0.05, 0.1) is 16.7 Å². The van der Waals surface area contributed by atoms with Crippen molar-refractivity contribution in [1.29, 1.82) is 0 Å². The first-order valence-electron chi connectivity index (χ1n) is 17.4. The molecule has 1 aromatic heterocycles. The topological polar surface area (TPSA) is 8.17 Å². The predicted molar refractivity (Wildman–Crippen MR) is 218 cm³/mol. The lowest BCUT2D eigenvalue weighted by atomic mass is 9.95. The van der Waals surface area contributed by atoms with E-state index in [1.54, 1.807) is 0 Å². The van der Waals surface area contributed by atoms with Gasteiger partial charge in [0.2, 0.25) is 0 Å². The number of anilines is 2. The molecule has 0 radical (unpaired) electrons. The van der Waals surface area contributed by atoms with E-state index in [1.807, 2.05) is 0 Å². The van der Waals surface area contributed by atoms with Gasteiger partial charge in [-0.15, -0.1) is 0 Å². The summed E-state index contributed by atoms with van der Waals surface area (Å²) in [5.41, 5.74) is 16.1. The van der Waals surface area contributed by atoms with Gasteiger partial charge in [-0.3, -0.25) is 0 Å². The number of benzene rings is 7. The molecule has 1 aliphatic heterocycles. The average Bonchev–Trinajstić information content (AvgIpc) is 3.53. The maximum atomic E-state index is 4.53. The van der Waals surface area contributed by atoms with Crippen molar-refractivity contribution in [2.24, 2.45) is 0 Å². The maximum Gasteiger partial charge on any atom is 0.0541 e. The average molecular weight is 653 g/mol. The second-order valence-electron chi connectivity index (χ2n) is 13.3. The van der Waals surface area contributed by atoms with E-state index in [2.05, 4.69) is 211 Å². The van der Waals surface area contributed by atoms with Crippen LogP contribution in [0.5, 0.6) is 0 Å². The SMILES string of the molecule is C=C1/C=C\C(C)=C/N(c2cccc(-c3ccccc3)c2)c2ccc(-c3ccc4c(c3)c3ccccc3n4-c3cccc(-c4ccccc4)c3)cc21. The van der Waals surface area contributed by atoms with Crippen molar-refractivity contribution in [3.05, 3.63) is 206 Å². The minimum absolute atomic E-state index is 0.986. The lowest BCUT2D eigenvalue weighted by Crippen LogP contribution is -2.12. The lowest BCUT2D eigenvalue weighted by molar-refractivity contribution is 1.18. The van der Waals surface area contributed by atoms with Crippen LogP contribution in [0, 0.1) is 0 Å². The van der Waals surface area contributed by atoms with Crippen molar-refractivity contribution < 1.29 is 0 Å². The van der Waals surface area contributed by atoms with Gasteiger partial charge in [0.15, 0.2) is 0 Å². The molecule has 0 amide bonds. The Bertz CT molecular complexity index is 2660. The summed E-state index contributed by atoms with van der Waals surface area (Å²) in [7, 11) is 0. The van der Waals surface area contributed by atoms with Crippen molar-refractivity contribution in [1.82, 2.24) is 4.57 Å². The van der Waals surface area contributed by atoms with Crippen molar-refractivity contribution in [2.75, 3.05) is 4.90 Å². The Morgan fingerprint density at radius 2 is 1.00 bits per heavy atom. The summed E-state index contributed by atoms with van der Waals surface area (Å²) in [6, 6.07) is 61.2. The summed E-state index contributed by atoms with van der Waals surface area (Å²) < 4.78 is 2.39. The number of para-hydroxylation sites is 1. The molecule has 0 saturated carbocycles. The molecule has 0 spiro atoms. The first kappa shape index (κ1) is 30.4. The van der Waals surface area contributed by atoms with Crippen LogP contribution in [0.15, 0.2) is 200 Å². The van der Waals surface area contributed by atoms with Crippen LogP contribution in [0.2, 0.25) is 0 Å². The Hall–Kier alpha value is -6.64. The highest BCUT2D eigenvalue weighted by molar-refractivity contribution is 6.10. The molecule has 0 unspecified atom stereocenters. The van der Waals surface area contributed by atoms with E-state index >= 15 is 0 Å². The third-order valence-electron chi connectivity index (χ3n) is 9.93. The van der Waals surface area contributed by atoms with Crippen LogP contribution in [-0.2, 0) is 0 Å². The second-order valence-corrected chi connectivity index (χ2v) is 13.3. The number of aromatic nitrogens is 1. The van der Waals surface area contributed by atoms with E-state index in [0.717, 1.165) is 39.3 Å². The quantitative estimate of drug-likeness (QED) is 0.180. The van der Waals surface area contributed by atoms with Crippen molar-refractivity contribution >= 4 is 38.8 Å². The van der Waals surface area contributed by atoms with Gasteiger partial charge in [-0.05, 0) is 106 Å². The summed E-state index contributed by atoms with van der Waals surface area (Å²) in [4.78, 5) is 2.30. The molecular weight excluding hydrogens is 617 g/mol. The number of allylic oxidation sites excluding steroid dienone is 4. The molecule has 0 saturated heterocycles. The molecular formula is C49H36N2. The molecule has 2 heterocycles. The van der Waals surface area contributed by atoms with Crippen LogP contribution in [0.3, 0.4) is 0 Å². The van der Waals surface area contributed by atoms with Crippen molar-refractivity contribution in [3.63, 3.8) is 0 Å². The van der Waals surface area contributed by atoms with Crippen LogP contribution >= 0.6 is 0 Å². The number of hydrogen-bond donors (Lipinski definition) is 0. The summed E-state index contributed by atoms with van der Waals surface area (Å²) in [5.74, 6) is 0. The van der Waals surface area contributed by atoms with Gasteiger partial charge in [0.25, 0.3) is 0 Å². The smallest absolute Gasteiger partial charge is 0.0541 e. The number of rotatable bonds is 5. The standard InChI is InChI=1S/C49H36N2/c1-34-23-24-35(2)45-31-40(25-27-47(45)50(33-34)42-19-11-17-38(29-42)36-13-5-3-6-14-36)41-26-28-49-46(32-41)44-21-9-10-22-48(44)51(49)43-20-12-18-39(30-43)37-15-7-4-8-16-37/h3-33H,2H2,1H3/b24-23-,34-33-. The largest absolute Gasteiger partial charge is 0.316 e. The zero-order valence-electron chi connectivity index (χ0n) is 28.5. The highest BCUT2D eigenvalue weighted by Gasteiger charge is 2.18. The summed E-state index contributed by atoms with van der Waals surface area (Å²) in [5, 5.41) is 2.47. The molecule has 2 heteroatoms. The van der Waals surface area contributed by atoms with E-state index < -0.39 is 0 Å². The summed E-state index contributed by atoms with van der Waals surface area (Å²) >= 11 is 0. The molecule has 8 aromatic rings. The molecule has 242 valence electrons. The molecule has 0 bridgehead atoms. The molecule has 1 aliphatic rings. The molecule has 2 nitrogen and oxygen atoms in total.